The van der Waals surface area contributed by atoms with Crippen molar-refractivity contribution in [2.75, 3.05) is 0 Å². The van der Waals surface area contributed by atoms with Crippen LogP contribution < -0.4 is 0 Å². The van der Waals surface area contributed by atoms with E-state index in [0.29, 0.717) is 9.90 Å². The number of aromatic nitrogens is 1. The zero-order valence-corrected chi connectivity index (χ0v) is 14.7. The third kappa shape index (κ3) is 2.60. The van der Waals surface area contributed by atoms with Crippen molar-refractivity contribution in [3.63, 3.8) is 0 Å². The van der Waals surface area contributed by atoms with Crippen molar-refractivity contribution in [2.45, 2.75) is 16.9 Å². The van der Waals surface area contributed by atoms with Crippen LogP contribution in [0.3, 0.4) is 0 Å². The van der Waals surface area contributed by atoms with Gasteiger partial charge in [0.25, 0.3) is 0 Å². The zero-order valence-electron chi connectivity index (χ0n) is 13.1. The number of rotatable bonds is 3. The van der Waals surface area contributed by atoms with Gasteiger partial charge in [-0.2, -0.15) is 0 Å². The van der Waals surface area contributed by atoms with E-state index in [1.54, 1.807) is 17.5 Å². The van der Waals surface area contributed by atoms with Crippen LogP contribution in [-0.4, -0.2) is 13.4 Å². The monoisotopic (exact) mass is 353 g/mol. The van der Waals surface area contributed by atoms with Gasteiger partial charge in [-0.05, 0) is 35.4 Å². The summed E-state index contributed by atoms with van der Waals surface area (Å²) in [6.07, 6.45) is 0. The summed E-state index contributed by atoms with van der Waals surface area (Å²) in [7, 11) is -3.38. The second-order valence-corrected chi connectivity index (χ2v) is 8.98. The molecule has 0 aliphatic heterocycles. The third-order valence-corrected chi connectivity index (χ3v) is 7.18. The summed E-state index contributed by atoms with van der Waals surface area (Å²) in [6, 6.07) is 17.4. The minimum Gasteiger partial charge on any atom is -0.251 e. The lowest BCUT2D eigenvalue weighted by Crippen LogP contribution is -2.06. The first-order valence-corrected chi connectivity index (χ1v) is 10.1. The Morgan fingerprint density at radius 1 is 0.958 bits per heavy atom. The molecular formula is C19H15NO2S2. The summed E-state index contributed by atoms with van der Waals surface area (Å²) in [5.41, 5.74) is 2.56. The number of hydrogen-bond acceptors (Lipinski definition) is 4. The number of aryl methyl sites for hydroxylation is 1. The summed E-state index contributed by atoms with van der Waals surface area (Å²) < 4.78 is 25.7. The van der Waals surface area contributed by atoms with Gasteiger partial charge in [0.2, 0.25) is 0 Å². The van der Waals surface area contributed by atoms with Crippen molar-refractivity contribution in [2.24, 2.45) is 0 Å². The van der Waals surface area contributed by atoms with Gasteiger partial charge in [-0.3, -0.25) is 4.98 Å². The number of pyridine rings is 1. The summed E-state index contributed by atoms with van der Waals surface area (Å²) in [4.78, 5) is 4.68. The maximum Gasteiger partial charge on any atom is 0.193 e. The average Bonchev–Trinajstić information content (AvgIpc) is 3.10. The highest BCUT2D eigenvalue weighted by atomic mass is 32.2. The predicted octanol–water partition coefficient (Wildman–Crippen LogP) is 4.73. The molecule has 3 nitrogen and oxygen atoms in total. The summed E-state index contributed by atoms with van der Waals surface area (Å²) >= 11 is 1.24. The molecule has 2 aromatic heterocycles. The minimum absolute atomic E-state index is 0.0854. The molecule has 0 radical (unpaired) electrons. The van der Waals surface area contributed by atoms with Gasteiger partial charge in [0.05, 0.1) is 17.0 Å². The molecular weight excluding hydrogens is 338 g/mol. The lowest BCUT2D eigenvalue weighted by molar-refractivity contribution is 0.597. The highest BCUT2D eigenvalue weighted by molar-refractivity contribution is 7.92. The maximum atomic E-state index is 12.7. The second kappa shape index (κ2) is 5.69. The number of benzene rings is 2. The van der Waals surface area contributed by atoms with Crippen molar-refractivity contribution in [3.05, 3.63) is 71.2 Å². The molecule has 0 saturated heterocycles. The van der Waals surface area contributed by atoms with E-state index in [-0.39, 0.29) is 5.75 Å². The molecule has 2 aromatic carbocycles. The lowest BCUT2D eigenvalue weighted by atomic mass is 10.0. The molecule has 0 atom stereocenters. The Morgan fingerprint density at radius 2 is 1.75 bits per heavy atom. The van der Waals surface area contributed by atoms with Gasteiger partial charge in [0.15, 0.2) is 9.84 Å². The van der Waals surface area contributed by atoms with Crippen LogP contribution in [0.4, 0.5) is 0 Å². The first kappa shape index (κ1) is 15.3. The Labute approximate surface area is 144 Å². The van der Waals surface area contributed by atoms with Gasteiger partial charge in [0.1, 0.15) is 4.21 Å². The molecule has 0 unspecified atom stereocenters. The lowest BCUT2D eigenvalue weighted by Gasteiger charge is -2.10. The van der Waals surface area contributed by atoms with Crippen LogP contribution in [0.25, 0.3) is 21.7 Å². The topological polar surface area (TPSA) is 47.0 Å². The SMILES string of the molecule is Cc1ccc2c(c1)nc(CS(=O)(=O)c1cccs1)c1ccccc12. The van der Waals surface area contributed by atoms with E-state index in [0.717, 1.165) is 27.2 Å². The Balaban J connectivity index is 1.97. The second-order valence-electron chi connectivity index (χ2n) is 5.82. The van der Waals surface area contributed by atoms with E-state index in [1.165, 1.54) is 11.3 Å². The van der Waals surface area contributed by atoms with Crippen LogP contribution in [0, 0.1) is 6.92 Å². The molecule has 0 fully saturated rings. The fourth-order valence-electron chi connectivity index (χ4n) is 2.94. The fraction of sp³-hybridized carbons (Fsp3) is 0.105. The molecule has 24 heavy (non-hydrogen) atoms. The molecule has 5 heteroatoms. The average molecular weight is 353 g/mol. The van der Waals surface area contributed by atoms with E-state index in [1.807, 2.05) is 37.3 Å². The van der Waals surface area contributed by atoms with Crippen molar-refractivity contribution in [1.82, 2.24) is 4.98 Å². The van der Waals surface area contributed by atoms with Crippen LogP contribution in [0.15, 0.2) is 64.2 Å². The number of hydrogen-bond donors (Lipinski definition) is 0. The normalized spacial score (nSPS) is 12.0. The van der Waals surface area contributed by atoms with Crippen LogP contribution >= 0.6 is 11.3 Å². The van der Waals surface area contributed by atoms with Crippen LogP contribution in [0.5, 0.6) is 0 Å². The standard InChI is InChI=1S/C19H15NO2S2/c1-13-8-9-16-14-5-2-3-6-15(14)18(20-17(16)11-13)12-24(21,22)19-7-4-10-23-19/h2-11H,12H2,1H3. The molecule has 120 valence electrons. The molecule has 2 heterocycles. The molecule has 4 aromatic rings. The molecule has 0 aliphatic carbocycles. The zero-order chi connectivity index (χ0) is 16.7. The number of sulfone groups is 1. The molecule has 0 N–H and O–H groups in total. The van der Waals surface area contributed by atoms with E-state index in [4.69, 9.17) is 0 Å². The van der Waals surface area contributed by atoms with Crippen LogP contribution in [0.2, 0.25) is 0 Å². The number of thiophene rings is 1. The first-order valence-electron chi connectivity index (χ1n) is 7.59. The van der Waals surface area contributed by atoms with Crippen molar-refractivity contribution in [3.8, 4) is 0 Å². The Morgan fingerprint density at radius 3 is 2.50 bits per heavy atom. The van der Waals surface area contributed by atoms with Gasteiger partial charge in [-0.1, -0.05) is 42.5 Å². The summed E-state index contributed by atoms with van der Waals surface area (Å²) in [5, 5.41) is 4.77. The molecule has 0 bridgehead atoms. The molecule has 4 rings (SSSR count). The smallest absolute Gasteiger partial charge is 0.193 e. The van der Waals surface area contributed by atoms with Crippen LogP contribution in [0.1, 0.15) is 11.3 Å². The van der Waals surface area contributed by atoms with Gasteiger partial charge < -0.3 is 0 Å². The molecule has 0 saturated carbocycles. The third-order valence-electron chi connectivity index (χ3n) is 4.07. The van der Waals surface area contributed by atoms with E-state index in [9.17, 15) is 8.42 Å². The minimum atomic E-state index is -3.38. The van der Waals surface area contributed by atoms with Gasteiger partial charge in [-0.25, -0.2) is 8.42 Å². The Hall–Kier alpha value is -2.24. The molecule has 0 amide bonds. The number of fused-ring (bicyclic) bond motifs is 3. The van der Waals surface area contributed by atoms with Crippen molar-refractivity contribution in [1.29, 1.82) is 0 Å². The van der Waals surface area contributed by atoms with Crippen molar-refractivity contribution < 1.29 is 8.42 Å². The van der Waals surface area contributed by atoms with Crippen molar-refractivity contribution >= 4 is 42.8 Å². The molecule has 0 aliphatic rings. The van der Waals surface area contributed by atoms with E-state index in [2.05, 4.69) is 17.1 Å². The summed E-state index contributed by atoms with van der Waals surface area (Å²) in [6.45, 7) is 2.01. The Bertz CT molecular complexity index is 1150. The van der Waals surface area contributed by atoms with Gasteiger partial charge in [-0.15, -0.1) is 11.3 Å². The fourth-order valence-corrected chi connectivity index (χ4v) is 5.33. The van der Waals surface area contributed by atoms with Gasteiger partial charge >= 0.3 is 0 Å². The van der Waals surface area contributed by atoms with Gasteiger partial charge in [0, 0.05) is 10.8 Å². The summed E-state index contributed by atoms with van der Waals surface area (Å²) in [5.74, 6) is -0.0854. The first-order chi connectivity index (χ1) is 11.5. The Kier molecular flexibility index (Phi) is 3.62. The molecule has 0 spiro atoms. The highest BCUT2D eigenvalue weighted by Gasteiger charge is 2.19. The highest BCUT2D eigenvalue weighted by Crippen LogP contribution is 2.29. The van der Waals surface area contributed by atoms with Crippen LogP contribution in [-0.2, 0) is 15.6 Å². The largest absolute Gasteiger partial charge is 0.251 e. The number of nitrogens with zero attached hydrogens (tertiary/aromatic N) is 1. The maximum absolute atomic E-state index is 12.7. The van der Waals surface area contributed by atoms with E-state index >= 15 is 0 Å². The quantitative estimate of drug-likeness (QED) is 0.500. The predicted molar refractivity (Wildman–Crippen MR) is 99.2 cm³/mol. The van der Waals surface area contributed by atoms with E-state index < -0.39 is 9.84 Å².